The van der Waals surface area contributed by atoms with Gasteiger partial charge >= 0.3 is 0 Å². The zero-order valence-electron chi connectivity index (χ0n) is 14.0. The SMILES string of the molecule is Cc1ccc2c(c1)C(N1CCN(C)CC1)c1ccccc1CO2. The molecule has 0 N–H and O–H groups in total. The van der Waals surface area contributed by atoms with Gasteiger partial charge in [0, 0.05) is 31.7 Å². The fourth-order valence-electron chi connectivity index (χ4n) is 3.74. The number of piperazine rings is 1. The summed E-state index contributed by atoms with van der Waals surface area (Å²) in [5, 5.41) is 0. The molecule has 1 atom stereocenters. The van der Waals surface area contributed by atoms with Crippen LogP contribution in [0.15, 0.2) is 42.5 Å². The van der Waals surface area contributed by atoms with Gasteiger partial charge in [0.2, 0.25) is 0 Å². The highest BCUT2D eigenvalue weighted by atomic mass is 16.5. The van der Waals surface area contributed by atoms with Gasteiger partial charge in [-0.05, 0) is 31.2 Å². The normalized spacial score (nSPS) is 21.9. The molecule has 0 amide bonds. The number of nitrogens with zero attached hydrogens (tertiary/aromatic N) is 2. The topological polar surface area (TPSA) is 15.7 Å². The Kier molecular flexibility index (Phi) is 3.83. The Morgan fingerprint density at radius 2 is 1.74 bits per heavy atom. The lowest BCUT2D eigenvalue weighted by Gasteiger charge is -2.38. The van der Waals surface area contributed by atoms with Gasteiger partial charge in [0.05, 0.1) is 6.04 Å². The molecular weight excluding hydrogens is 284 g/mol. The summed E-state index contributed by atoms with van der Waals surface area (Å²) in [4.78, 5) is 5.03. The van der Waals surface area contributed by atoms with Gasteiger partial charge in [0.15, 0.2) is 0 Å². The van der Waals surface area contributed by atoms with E-state index in [1.807, 2.05) is 0 Å². The van der Waals surface area contributed by atoms with Gasteiger partial charge in [0.25, 0.3) is 0 Å². The molecule has 2 heterocycles. The van der Waals surface area contributed by atoms with Crippen molar-refractivity contribution in [1.29, 1.82) is 0 Å². The third kappa shape index (κ3) is 2.75. The molecule has 3 heteroatoms. The van der Waals surface area contributed by atoms with Crippen LogP contribution in [-0.2, 0) is 6.61 Å². The van der Waals surface area contributed by atoms with Crippen molar-refractivity contribution in [2.75, 3.05) is 33.2 Å². The molecule has 1 saturated heterocycles. The van der Waals surface area contributed by atoms with Crippen molar-refractivity contribution >= 4 is 0 Å². The second-order valence-electron chi connectivity index (χ2n) is 6.77. The Morgan fingerprint density at radius 1 is 0.957 bits per heavy atom. The molecule has 2 aromatic carbocycles. The molecule has 0 bridgehead atoms. The summed E-state index contributed by atoms with van der Waals surface area (Å²) < 4.78 is 6.14. The highest BCUT2D eigenvalue weighted by Gasteiger charge is 2.31. The second-order valence-corrected chi connectivity index (χ2v) is 6.77. The fraction of sp³-hybridized carbons (Fsp3) is 0.400. The van der Waals surface area contributed by atoms with Crippen LogP contribution < -0.4 is 4.74 Å². The molecule has 1 unspecified atom stereocenters. The van der Waals surface area contributed by atoms with E-state index in [0.717, 1.165) is 31.9 Å². The molecule has 1 fully saturated rings. The van der Waals surface area contributed by atoms with Crippen molar-refractivity contribution in [2.45, 2.75) is 19.6 Å². The lowest BCUT2D eigenvalue weighted by molar-refractivity contribution is 0.127. The number of fused-ring (bicyclic) bond motifs is 2. The maximum atomic E-state index is 6.14. The van der Waals surface area contributed by atoms with Gasteiger partial charge in [0.1, 0.15) is 12.4 Å². The lowest BCUT2D eigenvalue weighted by atomic mass is 9.92. The Balaban J connectivity index is 1.83. The van der Waals surface area contributed by atoms with E-state index >= 15 is 0 Å². The van der Waals surface area contributed by atoms with Gasteiger partial charge in [-0.1, -0.05) is 42.0 Å². The van der Waals surface area contributed by atoms with Crippen LogP contribution in [0.2, 0.25) is 0 Å². The first-order valence-corrected chi connectivity index (χ1v) is 8.46. The van der Waals surface area contributed by atoms with E-state index in [4.69, 9.17) is 4.74 Å². The summed E-state index contributed by atoms with van der Waals surface area (Å²) >= 11 is 0. The molecule has 0 spiro atoms. The summed E-state index contributed by atoms with van der Waals surface area (Å²) in [6, 6.07) is 15.6. The zero-order chi connectivity index (χ0) is 15.8. The van der Waals surface area contributed by atoms with Crippen LogP contribution in [0.3, 0.4) is 0 Å². The predicted octanol–water partition coefficient (Wildman–Crippen LogP) is 3.22. The van der Waals surface area contributed by atoms with E-state index in [9.17, 15) is 0 Å². The molecular formula is C20H24N2O. The van der Waals surface area contributed by atoms with Crippen molar-refractivity contribution in [1.82, 2.24) is 9.80 Å². The van der Waals surface area contributed by atoms with Crippen LogP contribution in [0.25, 0.3) is 0 Å². The minimum absolute atomic E-state index is 0.303. The van der Waals surface area contributed by atoms with Gasteiger partial charge in [-0.25, -0.2) is 0 Å². The summed E-state index contributed by atoms with van der Waals surface area (Å²) in [5.41, 5.74) is 5.33. The quantitative estimate of drug-likeness (QED) is 0.804. The number of rotatable bonds is 1. The molecule has 2 aliphatic rings. The van der Waals surface area contributed by atoms with Crippen LogP contribution >= 0.6 is 0 Å². The molecule has 23 heavy (non-hydrogen) atoms. The third-order valence-corrected chi connectivity index (χ3v) is 5.10. The van der Waals surface area contributed by atoms with E-state index in [1.165, 1.54) is 22.3 Å². The number of aryl methyl sites for hydroxylation is 1. The van der Waals surface area contributed by atoms with E-state index in [0.29, 0.717) is 12.6 Å². The number of hydrogen-bond acceptors (Lipinski definition) is 3. The van der Waals surface area contributed by atoms with E-state index in [2.05, 4.69) is 66.2 Å². The number of likely N-dealkylation sites (N-methyl/N-ethyl adjacent to an activating group) is 1. The average molecular weight is 308 g/mol. The maximum absolute atomic E-state index is 6.14. The first kappa shape index (κ1) is 14.7. The molecule has 2 aliphatic heterocycles. The third-order valence-electron chi connectivity index (χ3n) is 5.10. The maximum Gasteiger partial charge on any atom is 0.124 e. The summed E-state index contributed by atoms with van der Waals surface area (Å²) in [6.45, 7) is 7.28. The first-order chi connectivity index (χ1) is 11.2. The van der Waals surface area contributed by atoms with Gasteiger partial charge in [-0.2, -0.15) is 0 Å². The van der Waals surface area contributed by atoms with Crippen molar-refractivity contribution in [3.63, 3.8) is 0 Å². The van der Waals surface area contributed by atoms with Crippen molar-refractivity contribution in [2.24, 2.45) is 0 Å². The van der Waals surface area contributed by atoms with Crippen molar-refractivity contribution in [3.05, 3.63) is 64.7 Å². The lowest BCUT2D eigenvalue weighted by Crippen LogP contribution is -2.46. The minimum atomic E-state index is 0.303. The molecule has 3 nitrogen and oxygen atoms in total. The van der Waals surface area contributed by atoms with Crippen LogP contribution in [0, 0.1) is 6.92 Å². The first-order valence-electron chi connectivity index (χ1n) is 8.46. The zero-order valence-corrected chi connectivity index (χ0v) is 14.0. The van der Waals surface area contributed by atoms with Crippen LogP contribution in [0.4, 0.5) is 0 Å². The Bertz CT molecular complexity index is 705. The largest absolute Gasteiger partial charge is 0.489 e. The van der Waals surface area contributed by atoms with Crippen LogP contribution in [0.1, 0.15) is 28.3 Å². The Labute approximate surface area is 138 Å². The fourth-order valence-corrected chi connectivity index (χ4v) is 3.74. The van der Waals surface area contributed by atoms with Crippen molar-refractivity contribution < 1.29 is 4.74 Å². The second kappa shape index (κ2) is 5.99. The van der Waals surface area contributed by atoms with Crippen LogP contribution in [-0.4, -0.2) is 43.0 Å². The highest BCUT2D eigenvalue weighted by Crippen LogP contribution is 2.40. The van der Waals surface area contributed by atoms with Gasteiger partial charge < -0.3 is 9.64 Å². The summed E-state index contributed by atoms with van der Waals surface area (Å²) in [7, 11) is 2.21. The van der Waals surface area contributed by atoms with Gasteiger partial charge in [-0.15, -0.1) is 0 Å². The minimum Gasteiger partial charge on any atom is -0.489 e. The van der Waals surface area contributed by atoms with Gasteiger partial charge in [-0.3, -0.25) is 4.90 Å². The van der Waals surface area contributed by atoms with E-state index in [1.54, 1.807) is 0 Å². The standard InChI is InChI=1S/C20H24N2O/c1-15-7-8-19-18(13-15)20(22-11-9-21(2)10-12-22)17-6-4-3-5-16(17)14-23-19/h3-8,13,20H,9-12,14H2,1-2H3. The molecule has 0 aromatic heterocycles. The number of benzene rings is 2. The van der Waals surface area contributed by atoms with Crippen LogP contribution in [0.5, 0.6) is 5.75 Å². The molecule has 2 aromatic rings. The van der Waals surface area contributed by atoms with E-state index < -0.39 is 0 Å². The molecule has 0 radical (unpaired) electrons. The Hall–Kier alpha value is -1.84. The number of ether oxygens (including phenoxy) is 1. The van der Waals surface area contributed by atoms with Crippen molar-refractivity contribution in [3.8, 4) is 5.75 Å². The molecule has 120 valence electrons. The molecule has 4 rings (SSSR count). The highest BCUT2D eigenvalue weighted by molar-refractivity contribution is 5.48. The predicted molar refractivity (Wildman–Crippen MR) is 92.9 cm³/mol. The monoisotopic (exact) mass is 308 g/mol. The molecule has 0 aliphatic carbocycles. The summed E-state index contributed by atoms with van der Waals surface area (Å²) in [5.74, 6) is 1.04. The molecule has 0 saturated carbocycles. The average Bonchev–Trinajstić information content (AvgIpc) is 2.72. The number of hydrogen-bond donors (Lipinski definition) is 0. The Morgan fingerprint density at radius 3 is 2.57 bits per heavy atom. The smallest absolute Gasteiger partial charge is 0.124 e. The summed E-state index contributed by atoms with van der Waals surface area (Å²) in [6.07, 6.45) is 0. The van der Waals surface area contributed by atoms with E-state index in [-0.39, 0.29) is 0 Å².